The topological polar surface area (TPSA) is 54.8 Å². The number of thioether (sulfide) groups is 1. The number of benzene rings is 1. The molecule has 0 radical (unpaired) electrons. The lowest BCUT2D eigenvalue weighted by molar-refractivity contribution is 0.0801. The number of amides is 1. The van der Waals surface area contributed by atoms with Crippen LogP contribution in [0.3, 0.4) is 0 Å². The summed E-state index contributed by atoms with van der Waals surface area (Å²) in [7, 11) is 1.53. The summed E-state index contributed by atoms with van der Waals surface area (Å²) in [5.74, 6) is 1.15. The first-order chi connectivity index (χ1) is 14.6. The quantitative estimate of drug-likeness (QED) is 0.740. The Bertz CT molecular complexity index is 1050. The summed E-state index contributed by atoms with van der Waals surface area (Å²) in [6.45, 7) is 2.18. The van der Waals surface area contributed by atoms with Crippen LogP contribution in [0.2, 0.25) is 0 Å². The van der Waals surface area contributed by atoms with Crippen molar-refractivity contribution in [1.82, 2.24) is 9.47 Å². The Morgan fingerprint density at radius 3 is 2.60 bits per heavy atom. The van der Waals surface area contributed by atoms with E-state index in [1.165, 1.54) is 13.2 Å². The number of halogens is 1. The Kier molecular flexibility index (Phi) is 5.13. The third-order valence-corrected chi connectivity index (χ3v) is 7.25. The van der Waals surface area contributed by atoms with Gasteiger partial charge in [0.1, 0.15) is 11.3 Å². The van der Waals surface area contributed by atoms with Crippen molar-refractivity contribution in [1.29, 1.82) is 0 Å². The first kappa shape index (κ1) is 19.7. The number of ether oxygens (including phenoxy) is 1. The van der Waals surface area contributed by atoms with E-state index in [1.807, 2.05) is 9.47 Å². The first-order valence-electron chi connectivity index (χ1n) is 10.7. The van der Waals surface area contributed by atoms with Gasteiger partial charge in [-0.3, -0.25) is 9.59 Å². The zero-order valence-electron chi connectivity index (χ0n) is 17.2. The number of carbonyl (C=O) groups excluding carboxylic acids is 1. The fourth-order valence-corrected chi connectivity index (χ4v) is 5.53. The summed E-state index contributed by atoms with van der Waals surface area (Å²) in [4.78, 5) is 30.1. The highest BCUT2D eigenvalue weighted by Gasteiger charge is 2.32. The molecule has 5 rings (SSSR count). The van der Waals surface area contributed by atoms with Crippen molar-refractivity contribution < 1.29 is 13.9 Å². The number of piperidine rings is 1. The molecule has 3 fully saturated rings. The molecular weight excluding hydrogens is 405 g/mol. The zero-order chi connectivity index (χ0) is 20.8. The minimum atomic E-state index is -0.456. The highest BCUT2D eigenvalue weighted by Crippen LogP contribution is 2.44. The summed E-state index contributed by atoms with van der Waals surface area (Å²) in [6, 6.07) is 1.53. The average Bonchev–Trinajstić information content (AvgIpc) is 3.46. The molecule has 30 heavy (non-hydrogen) atoms. The van der Waals surface area contributed by atoms with Gasteiger partial charge in [0.05, 0.1) is 23.9 Å². The van der Waals surface area contributed by atoms with Crippen molar-refractivity contribution in [2.45, 2.75) is 38.1 Å². The van der Waals surface area contributed by atoms with Crippen LogP contribution in [0.25, 0.3) is 10.9 Å². The Labute approximate surface area is 179 Å². The first-order valence-corrected chi connectivity index (χ1v) is 11.8. The van der Waals surface area contributed by atoms with Crippen LogP contribution in [0.5, 0.6) is 5.75 Å². The Morgan fingerprint density at radius 2 is 1.97 bits per heavy atom. The van der Waals surface area contributed by atoms with Gasteiger partial charge >= 0.3 is 0 Å². The van der Waals surface area contributed by atoms with E-state index in [2.05, 4.69) is 0 Å². The number of hydrogen-bond acceptors (Lipinski definition) is 5. The summed E-state index contributed by atoms with van der Waals surface area (Å²) in [5.41, 5.74) is 0.767. The molecule has 2 aliphatic heterocycles. The molecule has 0 bridgehead atoms. The largest absolute Gasteiger partial charge is 0.492 e. The van der Waals surface area contributed by atoms with Crippen molar-refractivity contribution in [2.24, 2.45) is 0 Å². The van der Waals surface area contributed by atoms with E-state index in [0.29, 0.717) is 29.4 Å². The molecule has 0 atom stereocenters. The molecule has 1 amide bonds. The molecule has 2 saturated heterocycles. The van der Waals surface area contributed by atoms with E-state index in [4.69, 9.17) is 4.74 Å². The molecule has 6 nitrogen and oxygen atoms in total. The molecule has 0 N–H and O–H groups in total. The van der Waals surface area contributed by atoms with E-state index in [0.717, 1.165) is 50.9 Å². The van der Waals surface area contributed by atoms with Gasteiger partial charge in [-0.05, 0) is 38.2 Å². The molecule has 2 aromatic rings. The summed E-state index contributed by atoms with van der Waals surface area (Å²) in [6.07, 6.45) is 6.80. The van der Waals surface area contributed by atoms with Crippen LogP contribution in [-0.2, 0) is 0 Å². The highest BCUT2D eigenvalue weighted by molar-refractivity contribution is 7.99. The van der Waals surface area contributed by atoms with Gasteiger partial charge in [-0.1, -0.05) is 0 Å². The fraction of sp³-hybridized carbons (Fsp3) is 0.545. The minimum Gasteiger partial charge on any atom is -0.492 e. The van der Waals surface area contributed by atoms with Crippen molar-refractivity contribution in [3.05, 3.63) is 33.9 Å². The second-order valence-corrected chi connectivity index (χ2v) is 9.38. The van der Waals surface area contributed by atoms with Crippen LogP contribution in [0.15, 0.2) is 17.1 Å². The maximum absolute atomic E-state index is 15.3. The Balaban J connectivity index is 1.73. The van der Waals surface area contributed by atoms with Crippen LogP contribution in [-0.4, -0.2) is 53.7 Å². The monoisotopic (exact) mass is 431 g/mol. The van der Waals surface area contributed by atoms with Crippen LogP contribution < -0.4 is 15.1 Å². The number of nitrogens with zero attached hydrogens (tertiary/aromatic N) is 3. The van der Waals surface area contributed by atoms with Crippen molar-refractivity contribution >= 4 is 34.3 Å². The molecule has 8 heteroatoms. The maximum atomic E-state index is 15.3. The molecule has 3 aliphatic rings. The minimum absolute atomic E-state index is 0.129. The van der Waals surface area contributed by atoms with Crippen molar-refractivity contribution in [2.75, 3.05) is 43.3 Å². The van der Waals surface area contributed by atoms with Gasteiger partial charge in [-0.2, -0.15) is 0 Å². The lowest BCUT2D eigenvalue weighted by Crippen LogP contribution is -2.33. The van der Waals surface area contributed by atoms with Gasteiger partial charge < -0.3 is 19.1 Å². The average molecular weight is 432 g/mol. The summed E-state index contributed by atoms with van der Waals surface area (Å²) >= 11 is 1.67. The van der Waals surface area contributed by atoms with E-state index >= 15 is 4.39 Å². The van der Waals surface area contributed by atoms with Crippen LogP contribution in [0, 0.1) is 5.82 Å². The number of fused-ring (bicyclic) bond motifs is 1. The van der Waals surface area contributed by atoms with Gasteiger partial charge in [0.2, 0.25) is 5.43 Å². The normalized spacial score (nSPS) is 19.5. The Hall–Kier alpha value is -2.22. The van der Waals surface area contributed by atoms with Gasteiger partial charge in [0, 0.05) is 37.6 Å². The number of rotatable bonds is 4. The molecule has 1 saturated carbocycles. The Morgan fingerprint density at radius 1 is 1.20 bits per heavy atom. The molecule has 1 aromatic heterocycles. The van der Waals surface area contributed by atoms with Crippen LogP contribution in [0.4, 0.5) is 10.1 Å². The number of hydrogen-bond donors (Lipinski definition) is 0. The number of aromatic nitrogens is 1. The smallest absolute Gasteiger partial charge is 0.260 e. The number of pyridine rings is 1. The predicted molar refractivity (Wildman–Crippen MR) is 117 cm³/mol. The molecule has 3 heterocycles. The fourth-order valence-electron chi connectivity index (χ4n) is 4.59. The van der Waals surface area contributed by atoms with Crippen LogP contribution >= 0.6 is 11.8 Å². The van der Waals surface area contributed by atoms with E-state index in [1.54, 1.807) is 22.9 Å². The van der Waals surface area contributed by atoms with Gasteiger partial charge in [-0.25, -0.2) is 4.39 Å². The van der Waals surface area contributed by atoms with E-state index in [-0.39, 0.29) is 22.9 Å². The van der Waals surface area contributed by atoms with Crippen LogP contribution in [0.1, 0.15) is 48.5 Å². The SMILES string of the molecule is COc1c(N2CCCCC2)c(F)cc2c(=O)c(C(=O)N3CCSC3)cn(C3CC3)c12. The maximum Gasteiger partial charge on any atom is 0.260 e. The summed E-state index contributed by atoms with van der Waals surface area (Å²) < 4.78 is 23.1. The molecule has 1 aromatic carbocycles. The molecule has 1 aliphatic carbocycles. The lowest BCUT2D eigenvalue weighted by atomic mass is 10.0. The predicted octanol–water partition coefficient (Wildman–Crippen LogP) is 3.62. The number of anilines is 1. The zero-order valence-corrected chi connectivity index (χ0v) is 18.0. The molecule has 0 unspecified atom stereocenters. The number of carbonyl (C=O) groups is 1. The molecule has 0 spiro atoms. The van der Waals surface area contributed by atoms with Crippen molar-refractivity contribution in [3.63, 3.8) is 0 Å². The third-order valence-electron chi connectivity index (χ3n) is 6.29. The standard InChI is InChI=1S/C22H26FN3O3S/c1-29-21-18-15(11-17(23)19(21)24-7-3-2-4-8-24)20(27)16(12-26(18)14-5-6-14)22(28)25-9-10-30-13-25/h11-12,14H,2-10,13H2,1H3. The van der Waals surface area contributed by atoms with Gasteiger partial charge in [0.15, 0.2) is 11.6 Å². The number of methoxy groups -OCH3 is 1. The second-order valence-electron chi connectivity index (χ2n) is 8.30. The molecule has 160 valence electrons. The second kappa shape index (κ2) is 7.80. The van der Waals surface area contributed by atoms with E-state index in [9.17, 15) is 9.59 Å². The van der Waals surface area contributed by atoms with Crippen molar-refractivity contribution in [3.8, 4) is 5.75 Å². The highest BCUT2D eigenvalue weighted by atomic mass is 32.2. The lowest BCUT2D eigenvalue weighted by Gasteiger charge is -2.31. The summed E-state index contributed by atoms with van der Waals surface area (Å²) in [5, 5.41) is 0.231. The third kappa shape index (κ3) is 3.25. The van der Waals surface area contributed by atoms with Gasteiger partial charge in [0.25, 0.3) is 5.91 Å². The van der Waals surface area contributed by atoms with E-state index < -0.39 is 11.2 Å². The molecular formula is C22H26FN3O3S. The van der Waals surface area contributed by atoms with Gasteiger partial charge in [-0.15, -0.1) is 11.8 Å².